The molecule has 4 nitrogen and oxygen atoms in total. The Bertz CT molecular complexity index is 1460. The Kier molecular flexibility index (Phi) is 13.8. The lowest BCUT2D eigenvalue weighted by Crippen LogP contribution is -2.41. The Balaban J connectivity index is 1.48. The van der Waals surface area contributed by atoms with Crippen LogP contribution in [0.4, 0.5) is 0 Å². The van der Waals surface area contributed by atoms with Gasteiger partial charge in [0.1, 0.15) is 6.10 Å². The largest absolute Gasteiger partial charge is 0.396 e. The van der Waals surface area contributed by atoms with Gasteiger partial charge in [0.05, 0.1) is 25.9 Å². The third-order valence-electron chi connectivity index (χ3n) is 7.51. The fourth-order valence-corrected chi connectivity index (χ4v) is 7.83. The van der Waals surface area contributed by atoms with E-state index in [0.717, 1.165) is 28.2 Å². The summed E-state index contributed by atoms with van der Waals surface area (Å²) in [5.41, 5.74) is 5.68. The van der Waals surface area contributed by atoms with Crippen LogP contribution in [0.3, 0.4) is 0 Å². The number of hydrogen-bond acceptors (Lipinski definition) is 6. The van der Waals surface area contributed by atoms with E-state index in [1.54, 1.807) is 23.5 Å². The van der Waals surface area contributed by atoms with E-state index in [0.29, 0.717) is 26.2 Å². The molecule has 0 fully saturated rings. The standard InChI is InChI=1S/C40H42O4S2/c41-27-26-38(43-29-34-18-8-2-9-19-34)39(30-42-28-33-16-6-1-7-17-33)44-40(37-24-14-5-15-25-37,45-31-35-20-10-3-11-21-35)46-32-36-22-12-4-13-23-36/h1-25,38-39,41H,26-32H2/t38-,39-/m0/s1. The summed E-state index contributed by atoms with van der Waals surface area (Å²) in [7, 11) is 0. The minimum Gasteiger partial charge on any atom is -0.396 e. The first kappa shape index (κ1) is 34.0. The predicted octanol–water partition coefficient (Wildman–Crippen LogP) is 9.23. The first-order valence-corrected chi connectivity index (χ1v) is 17.7. The van der Waals surface area contributed by atoms with Gasteiger partial charge < -0.3 is 19.3 Å². The molecule has 5 aromatic carbocycles. The number of thioether (sulfide) groups is 2. The summed E-state index contributed by atoms with van der Waals surface area (Å²) in [6.45, 7) is 1.15. The molecular formula is C40H42O4S2. The van der Waals surface area contributed by atoms with E-state index >= 15 is 0 Å². The van der Waals surface area contributed by atoms with Gasteiger partial charge in [0.25, 0.3) is 0 Å². The van der Waals surface area contributed by atoms with Crippen LogP contribution >= 0.6 is 23.5 Å². The second-order valence-corrected chi connectivity index (χ2v) is 13.5. The van der Waals surface area contributed by atoms with Crippen LogP contribution in [-0.4, -0.2) is 30.5 Å². The molecule has 0 heterocycles. The highest BCUT2D eigenvalue weighted by molar-refractivity contribution is 8.16. The number of ether oxygens (including phenoxy) is 3. The van der Waals surface area contributed by atoms with Crippen molar-refractivity contribution in [3.8, 4) is 0 Å². The second kappa shape index (κ2) is 18.7. The number of aliphatic hydroxyl groups is 1. The maximum atomic E-state index is 10.2. The summed E-state index contributed by atoms with van der Waals surface area (Å²) in [6.07, 6.45) is -0.450. The minimum atomic E-state index is -0.794. The van der Waals surface area contributed by atoms with Crippen molar-refractivity contribution in [2.45, 2.75) is 47.6 Å². The van der Waals surface area contributed by atoms with Crippen molar-refractivity contribution in [1.29, 1.82) is 0 Å². The van der Waals surface area contributed by atoms with Gasteiger partial charge in [-0.05, 0) is 28.7 Å². The zero-order valence-corrected chi connectivity index (χ0v) is 27.7. The highest BCUT2D eigenvalue weighted by Crippen LogP contribution is 2.51. The quantitative estimate of drug-likeness (QED) is 0.0900. The lowest BCUT2D eigenvalue weighted by Gasteiger charge is -2.39. The van der Waals surface area contributed by atoms with Gasteiger partial charge in [-0.2, -0.15) is 0 Å². The number of benzene rings is 5. The van der Waals surface area contributed by atoms with Crippen LogP contribution < -0.4 is 0 Å². The highest BCUT2D eigenvalue weighted by atomic mass is 32.2. The Hall–Kier alpha value is -3.36. The molecule has 0 amide bonds. The molecule has 0 spiro atoms. The molecule has 0 aromatic heterocycles. The molecule has 0 unspecified atom stereocenters. The monoisotopic (exact) mass is 650 g/mol. The van der Waals surface area contributed by atoms with Crippen LogP contribution in [0.5, 0.6) is 0 Å². The summed E-state index contributed by atoms with van der Waals surface area (Å²) in [5, 5.41) is 10.2. The molecule has 6 heteroatoms. The molecule has 2 atom stereocenters. The van der Waals surface area contributed by atoms with Gasteiger partial charge in [-0.25, -0.2) is 0 Å². The second-order valence-electron chi connectivity index (χ2n) is 11.0. The zero-order valence-electron chi connectivity index (χ0n) is 26.0. The summed E-state index contributed by atoms with van der Waals surface area (Å²) in [5.74, 6) is 1.51. The molecule has 5 rings (SSSR count). The summed E-state index contributed by atoms with van der Waals surface area (Å²) >= 11 is 3.54. The van der Waals surface area contributed by atoms with Crippen LogP contribution in [0.1, 0.15) is 34.2 Å². The van der Waals surface area contributed by atoms with Crippen LogP contribution in [0.2, 0.25) is 0 Å². The van der Waals surface area contributed by atoms with Crippen LogP contribution in [-0.2, 0) is 43.2 Å². The minimum absolute atomic E-state index is 0.0232. The Morgan fingerprint density at radius 1 is 0.522 bits per heavy atom. The summed E-state index contributed by atoms with van der Waals surface area (Å²) < 4.78 is 19.5. The average Bonchev–Trinajstić information content (AvgIpc) is 3.13. The van der Waals surface area contributed by atoms with Crippen LogP contribution in [0.15, 0.2) is 152 Å². The van der Waals surface area contributed by atoms with Crippen molar-refractivity contribution in [1.82, 2.24) is 0 Å². The molecule has 5 aromatic rings. The summed E-state index contributed by atoms with van der Waals surface area (Å²) in [4.78, 5) is 0. The Morgan fingerprint density at radius 2 is 0.957 bits per heavy atom. The van der Waals surface area contributed by atoms with Gasteiger partial charge in [-0.1, -0.05) is 152 Å². The van der Waals surface area contributed by atoms with E-state index in [9.17, 15) is 5.11 Å². The molecule has 0 aliphatic carbocycles. The van der Waals surface area contributed by atoms with Crippen LogP contribution in [0.25, 0.3) is 0 Å². The van der Waals surface area contributed by atoms with Crippen molar-refractivity contribution in [3.05, 3.63) is 179 Å². The van der Waals surface area contributed by atoms with Crippen molar-refractivity contribution in [2.24, 2.45) is 0 Å². The van der Waals surface area contributed by atoms with Crippen molar-refractivity contribution >= 4 is 23.5 Å². The van der Waals surface area contributed by atoms with E-state index in [-0.39, 0.29) is 6.61 Å². The van der Waals surface area contributed by atoms with Crippen molar-refractivity contribution < 1.29 is 19.3 Å². The van der Waals surface area contributed by atoms with E-state index in [1.165, 1.54) is 11.1 Å². The van der Waals surface area contributed by atoms with Gasteiger partial charge in [0.2, 0.25) is 0 Å². The van der Waals surface area contributed by atoms with E-state index in [2.05, 4.69) is 97.1 Å². The van der Waals surface area contributed by atoms with E-state index < -0.39 is 16.5 Å². The number of rotatable bonds is 19. The summed E-state index contributed by atoms with van der Waals surface area (Å²) in [6, 6.07) is 51.8. The SMILES string of the molecule is OCC[C@H](OCc1ccccc1)[C@H](COCc1ccccc1)OC(SCc1ccccc1)(SCc1ccccc1)c1ccccc1. The predicted molar refractivity (Wildman–Crippen MR) is 191 cm³/mol. The van der Waals surface area contributed by atoms with E-state index in [1.807, 2.05) is 54.6 Å². The first-order chi connectivity index (χ1) is 22.7. The maximum absolute atomic E-state index is 10.2. The highest BCUT2D eigenvalue weighted by Gasteiger charge is 2.40. The molecule has 238 valence electrons. The molecule has 0 bridgehead atoms. The first-order valence-electron chi connectivity index (χ1n) is 15.7. The molecule has 0 saturated heterocycles. The zero-order chi connectivity index (χ0) is 31.7. The van der Waals surface area contributed by atoms with Gasteiger partial charge >= 0.3 is 0 Å². The van der Waals surface area contributed by atoms with Gasteiger partial charge in [0.15, 0.2) is 4.27 Å². The Labute approximate surface area is 282 Å². The molecule has 0 radical (unpaired) electrons. The molecule has 1 N–H and O–H groups in total. The van der Waals surface area contributed by atoms with E-state index in [4.69, 9.17) is 14.2 Å². The van der Waals surface area contributed by atoms with Gasteiger partial charge in [0, 0.05) is 23.7 Å². The molecule has 46 heavy (non-hydrogen) atoms. The lowest BCUT2D eigenvalue weighted by molar-refractivity contribution is -0.131. The third-order valence-corrected chi connectivity index (χ3v) is 10.6. The average molecular weight is 651 g/mol. The smallest absolute Gasteiger partial charge is 0.187 e. The van der Waals surface area contributed by atoms with Crippen molar-refractivity contribution in [2.75, 3.05) is 13.2 Å². The molecule has 0 saturated carbocycles. The van der Waals surface area contributed by atoms with Gasteiger partial charge in [-0.15, -0.1) is 23.5 Å². The normalized spacial score (nSPS) is 12.9. The van der Waals surface area contributed by atoms with Gasteiger partial charge in [-0.3, -0.25) is 0 Å². The topological polar surface area (TPSA) is 47.9 Å². The third kappa shape index (κ3) is 10.6. The fraction of sp³-hybridized carbons (Fsp3) is 0.250. The molecule has 0 aliphatic heterocycles. The molecular weight excluding hydrogens is 609 g/mol. The van der Waals surface area contributed by atoms with Crippen LogP contribution in [0, 0.1) is 0 Å². The Morgan fingerprint density at radius 3 is 1.43 bits per heavy atom. The maximum Gasteiger partial charge on any atom is 0.187 e. The number of aliphatic hydroxyl groups excluding tert-OH is 1. The number of hydrogen-bond donors (Lipinski definition) is 1. The molecule has 0 aliphatic rings. The lowest BCUT2D eigenvalue weighted by atomic mass is 10.1. The fourth-order valence-electron chi connectivity index (χ4n) is 5.06. The van der Waals surface area contributed by atoms with Crippen molar-refractivity contribution in [3.63, 3.8) is 0 Å².